The lowest BCUT2D eigenvalue weighted by Gasteiger charge is -2.07. The normalized spacial score (nSPS) is 10.4. The Hall–Kier alpha value is -1.81. The summed E-state index contributed by atoms with van der Waals surface area (Å²) in [5.74, 6) is 0. The monoisotopic (exact) mass is 236 g/mol. The maximum absolute atomic E-state index is 11.6. The Balaban J connectivity index is 2.68. The van der Waals surface area contributed by atoms with Gasteiger partial charge in [0.2, 0.25) is 0 Å². The van der Waals surface area contributed by atoms with Crippen LogP contribution in [0.2, 0.25) is 5.02 Å². The molecule has 0 aliphatic rings. The second kappa shape index (κ2) is 3.98. The molecule has 0 aliphatic heterocycles. The van der Waals surface area contributed by atoms with Crippen molar-refractivity contribution in [2.24, 2.45) is 0 Å². The summed E-state index contributed by atoms with van der Waals surface area (Å²) in [6.45, 7) is 1.85. The Labute approximate surface area is 96.1 Å². The molecule has 16 heavy (non-hydrogen) atoms. The van der Waals surface area contributed by atoms with E-state index >= 15 is 0 Å². The number of hydrogen-bond acceptors (Lipinski definition) is 2. The van der Waals surface area contributed by atoms with Gasteiger partial charge in [0.15, 0.2) is 0 Å². The fraction of sp³-hybridized carbons (Fsp3) is 0.0909. The molecule has 1 heterocycles. The van der Waals surface area contributed by atoms with Gasteiger partial charge in [0.1, 0.15) is 0 Å². The number of benzene rings is 1. The number of halogens is 1. The van der Waals surface area contributed by atoms with E-state index in [0.717, 1.165) is 5.56 Å². The Morgan fingerprint density at radius 3 is 2.62 bits per heavy atom. The van der Waals surface area contributed by atoms with Crippen molar-refractivity contribution in [1.29, 1.82) is 0 Å². The summed E-state index contributed by atoms with van der Waals surface area (Å²) in [4.78, 5) is 24.7. The number of nitrogens with one attached hydrogen (secondary N) is 1. The number of rotatable bonds is 1. The molecule has 0 fully saturated rings. The van der Waals surface area contributed by atoms with Crippen molar-refractivity contribution in [3.8, 4) is 5.69 Å². The van der Waals surface area contributed by atoms with Crippen molar-refractivity contribution in [2.75, 3.05) is 0 Å². The number of aromatic nitrogens is 2. The second-order valence-corrected chi connectivity index (χ2v) is 3.85. The first-order chi connectivity index (χ1) is 7.58. The highest BCUT2D eigenvalue weighted by atomic mass is 35.5. The molecule has 82 valence electrons. The minimum absolute atomic E-state index is 0.409. The third kappa shape index (κ3) is 1.92. The zero-order valence-electron chi connectivity index (χ0n) is 8.53. The number of H-pyrrole nitrogens is 1. The predicted octanol–water partition coefficient (Wildman–Crippen LogP) is 1.49. The van der Waals surface area contributed by atoms with Crippen LogP contribution in [0.15, 0.2) is 40.1 Å². The van der Waals surface area contributed by atoms with Crippen molar-refractivity contribution in [3.05, 3.63) is 61.9 Å². The summed E-state index contributed by atoms with van der Waals surface area (Å²) < 4.78 is 1.37. The van der Waals surface area contributed by atoms with Gasteiger partial charge in [-0.2, -0.15) is 0 Å². The van der Waals surface area contributed by atoms with E-state index in [1.165, 1.54) is 16.8 Å². The Bertz CT molecular complexity index is 643. The SMILES string of the molecule is Cc1cc(Cl)ccc1-n1ccc(=O)[nH]c1=O. The van der Waals surface area contributed by atoms with Crippen molar-refractivity contribution in [1.82, 2.24) is 9.55 Å². The van der Waals surface area contributed by atoms with Crippen LogP contribution in [0.25, 0.3) is 5.69 Å². The Morgan fingerprint density at radius 1 is 1.25 bits per heavy atom. The molecule has 4 nitrogen and oxygen atoms in total. The van der Waals surface area contributed by atoms with Gasteiger partial charge in [-0.3, -0.25) is 14.3 Å². The van der Waals surface area contributed by atoms with Crippen LogP contribution in [0.1, 0.15) is 5.56 Å². The molecule has 0 radical (unpaired) electrons. The number of nitrogens with zero attached hydrogens (tertiary/aromatic N) is 1. The highest BCUT2D eigenvalue weighted by Crippen LogP contribution is 2.17. The molecule has 0 atom stereocenters. The number of hydrogen-bond donors (Lipinski definition) is 1. The summed E-state index contributed by atoms with van der Waals surface area (Å²) in [6, 6.07) is 6.49. The molecular weight excluding hydrogens is 228 g/mol. The lowest BCUT2D eigenvalue weighted by atomic mass is 10.2. The van der Waals surface area contributed by atoms with Crippen LogP contribution in [-0.4, -0.2) is 9.55 Å². The first-order valence-corrected chi connectivity index (χ1v) is 5.04. The van der Waals surface area contributed by atoms with E-state index in [1.54, 1.807) is 18.2 Å². The first-order valence-electron chi connectivity index (χ1n) is 4.66. The molecule has 1 aromatic carbocycles. The maximum Gasteiger partial charge on any atom is 0.332 e. The summed E-state index contributed by atoms with van der Waals surface area (Å²) in [6.07, 6.45) is 1.44. The average Bonchev–Trinajstić information content (AvgIpc) is 2.19. The van der Waals surface area contributed by atoms with E-state index in [4.69, 9.17) is 11.6 Å². The fourth-order valence-electron chi connectivity index (χ4n) is 1.50. The summed E-state index contributed by atoms with van der Waals surface area (Å²) in [5, 5.41) is 0.610. The van der Waals surface area contributed by atoms with Crippen molar-refractivity contribution < 1.29 is 0 Å². The zero-order valence-corrected chi connectivity index (χ0v) is 9.28. The van der Waals surface area contributed by atoms with Crippen LogP contribution in [0.3, 0.4) is 0 Å². The van der Waals surface area contributed by atoms with Crippen molar-refractivity contribution >= 4 is 11.6 Å². The summed E-state index contributed by atoms with van der Waals surface area (Å²) in [5.41, 5.74) is 0.693. The molecule has 0 unspecified atom stereocenters. The van der Waals surface area contributed by atoms with Gasteiger partial charge in [0.25, 0.3) is 5.56 Å². The van der Waals surface area contributed by atoms with E-state index in [2.05, 4.69) is 4.98 Å². The van der Waals surface area contributed by atoms with Gasteiger partial charge in [-0.25, -0.2) is 4.79 Å². The minimum Gasteiger partial charge on any atom is -0.274 e. The zero-order chi connectivity index (χ0) is 11.7. The van der Waals surface area contributed by atoms with Gasteiger partial charge >= 0.3 is 5.69 Å². The molecule has 0 spiro atoms. The van der Waals surface area contributed by atoms with Crippen LogP contribution in [0.4, 0.5) is 0 Å². The van der Waals surface area contributed by atoms with Crippen LogP contribution in [-0.2, 0) is 0 Å². The van der Waals surface area contributed by atoms with Crippen molar-refractivity contribution in [2.45, 2.75) is 6.92 Å². The molecule has 1 N–H and O–H groups in total. The predicted molar refractivity (Wildman–Crippen MR) is 62.4 cm³/mol. The lowest BCUT2D eigenvalue weighted by molar-refractivity contribution is 0.889. The van der Waals surface area contributed by atoms with Crippen LogP contribution >= 0.6 is 11.6 Å². The molecule has 5 heteroatoms. The molecule has 0 saturated carbocycles. The van der Waals surface area contributed by atoms with Gasteiger partial charge in [-0.15, -0.1) is 0 Å². The topological polar surface area (TPSA) is 54.9 Å². The summed E-state index contributed by atoms with van der Waals surface area (Å²) >= 11 is 5.82. The quantitative estimate of drug-likeness (QED) is 0.816. The molecule has 2 rings (SSSR count). The minimum atomic E-state index is -0.460. The van der Waals surface area contributed by atoms with Crippen LogP contribution in [0.5, 0.6) is 0 Å². The van der Waals surface area contributed by atoms with Crippen LogP contribution < -0.4 is 11.2 Å². The second-order valence-electron chi connectivity index (χ2n) is 3.41. The molecular formula is C11H9ClN2O2. The average molecular weight is 237 g/mol. The van der Waals surface area contributed by atoms with Crippen LogP contribution in [0, 0.1) is 6.92 Å². The summed E-state index contributed by atoms with van der Waals surface area (Å²) in [7, 11) is 0. The number of aromatic amines is 1. The molecule has 0 aliphatic carbocycles. The van der Waals surface area contributed by atoms with E-state index in [-0.39, 0.29) is 0 Å². The van der Waals surface area contributed by atoms with Gasteiger partial charge in [0.05, 0.1) is 5.69 Å². The largest absolute Gasteiger partial charge is 0.332 e. The first kappa shape index (κ1) is 10.7. The van der Waals surface area contributed by atoms with Gasteiger partial charge in [0, 0.05) is 17.3 Å². The molecule has 1 aromatic heterocycles. The van der Waals surface area contributed by atoms with E-state index in [9.17, 15) is 9.59 Å². The third-order valence-corrected chi connectivity index (χ3v) is 2.48. The highest BCUT2D eigenvalue weighted by Gasteiger charge is 2.03. The standard InChI is InChI=1S/C11H9ClN2O2/c1-7-6-8(12)2-3-9(7)14-5-4-10(15)13-11(14)16/h2-6H,1H3,(H,13,15,16). The van der Waals surface area contributed by atoms with E-state index in [1.807, 2.05) is 6.92 Å². The Morgan fingerprint density at radius 2 is 2.00 bits per heavy atom. The third-order valence-electron chi connectivity index (χ3n) is 2.24. The molecule has 0 amide bonds. The highest BCUT2D eigenvalue weighted by molar-refractivity contribution is 6.30. The lowest BCUT2D eigenvalue weighted by Crippen LogP contribution is -2.27. The van der Waals surface area contributed by atoms with Gasteiger partial charge in [-0.05, 0) is 30.7 Å². The number of aryl methyl sites for hydroxylation is 1. The smallest absolute Gasteiger partial charge is 0.274 e. The van der Waals surface area contributed by atoms with E-state index < -0.39 is 11.2 Å². The van der Waals surface area contributed by atoms with Gasteiger partial charge in [-0.1, -0.05) is 11.6 Å². The molecule has 0 saturated heterocycles. The van der Waals surface area contributed by atoms with Crippen molar-refractivity contribution in [3.63, 3.8) is 0 Å². The molecule has 2 aromatic rings. The fourth-order valence-corrected chi connectivity index (χ4v) is 1.72. The van der Waals surface area contributed by atoms with E-state index in [0.29, 0.717) is 10.7 Å². The Kier molecular flexibility index (Phi) is 2.66. The molecule has 0 bridgehead atoms. The maximum atomic E-state index is 11.6. The van der Waals surface area contributed by atoms with Gasteiger partial charge < -0.3 is 0 Å².